The number of rotatable bonds is 0. The van der Waals surface area contributed by atoms with Gasteiger partial charge in [-0.25, -0.2) is 4.39 Å². The molecule has 7 heteroatoms. The van der Waals surface area contributed by atoms with E-state index in [2.05, 4.69) is 0 Å². The summed E-state index contributed by atoms with van der Waals surface area (Å²) in [6, 6.07) is 0. The van der Waals surface area contributed by atoms with Crippen LogP contribution in [0, 0.1) is 0 Å². The van der Waals surface area contributed by atoms with E-state index >= 15 is 0 Å². The van der Waals surface area contributed by atoms with Crippen molar-refractivity contribution in [1.82, 2.24) is 0 Å². The van der Waals surface area contributed by atoms with Gasteiger partial charge in [0.2, 0.25) is 5.83 Å². The molecule has 0 fully saturated rings. The molecule has 0 N–H and O–H groups in total. The van der Waals surface area contributed by atoms with Crippen molar-refractivity contribution < 1.29 is 30.7 Å². The highest BCUT2D eigenvalue weighted by molar-refractivity contribution is 5.14. The molecule has 0 aromatic carbocycles. The second-order valence-corrected chi connectivity index (χ2v) is 1.93. The molecule has 0 saturated heterocycles. The van der Waals surface area contributed by atoms with Crippen LogP contribution in [-0.2, 0) is 0 Å². The monoisotopic (exact) mass is 196 g/mol. The van der Waals surface area contributed by atoms with E-state index in [9.17, 15) is 30.7 Å². The number of halogens is 7. The third-order valence-electron chi connectivity index (χ3n) is 1.00. The highest BCUT2D eigenvalue weighted by Crippen LogP contribution is 2.36. The molecule has 0 aliphatic heterocycles. The van der Waals surface area contributed by atoms with Crippen LogP contribution in [0.15, 0.2) is 11.4 Å². The van der Waals surface area contributed by atoms with E-state index in [1.54, 1.807) is 0 Å². The first kappa shape index (κ1) is 11.2. The molecule has 0 atom stereocenters. The van der Waals surface area contributed by atoms with Crippen LogP contribution in [0.5, 0.6) is 0 Å². The average Bonchev–Trinajstić information content (AvgIpc) is 1.80. The quantitative estimate of drug-likeness (QED) is 0.521. The summed E-state index contributed by atoms with van der Waals surface area (Å²) in [4.78, 5) is 0. The molecule has 0 spiro atoms. The predicted octanol–water partition coefficient (Wildman–Crippen LogP) is 3.35. The summed E-state index contributed by atoms with van der Waals surface area (Å²) in [5.41, 5.74) is -2.27. The summed E-state index contributed by atoms with van der Waals surface area (Å²) in [6.07, 6.45) is -10.8. The van der Waals surface area contributed by atoms with Gasteiger partial charge in [0.15, 0.2) is 0 Å². The van der Waals surface area contributed by atoms with Gasteiger partial charge in [-0.3, -0.25) is 0 Å². The Balaban J connectivity index is 4.96. The third-order valence-corrected chi connectivity index (χ3v) is 1.00. The van der Waals surface area contributed by atoms with Gasteiger partial charge in [0.05, 0.1) is 5.57 Å². The minimum Gasteiger partial charge on any atom is -0.201 e. The number of hydrogen-bond acceptors (Lipinski definition) is 0. The second-order valence-electron chi connectivity index (χ2n) is 1.93. The van der Waals surface area contributed by atoms with Crippen molar-refractivity contribution in [1.29, 1.82) is 0 Å². The van der Waals surface area contributed by atoms with Gasteiger partial charge in [-0.1, -0.05) is 0 Å². The normalized spacial score (nSPS) is 16.0. The minimum atomic E-state index is -5.57. The van der Waals surface area contributed by atoms with Gasteiger partial charge in [0.25, 0.3) is 0 Å². The molecule has 0 aliphatic rings. The van der Waals surface area contributed by atoms with Gasteiger partial charge in [-0.15, -0.1) is 0 Å². The lowest BCUT2D eigenvalue weighted by Crippen LogP contribution is -2.18. The molecule has 0 bridgehead atoms. The fourth-order valence-corrected chi connectivity index (χ4v) is 0.337. The summed E-state index contributed by atoms with van der Waals surface area (Å²) >= 11 is 0. The van der Waals surface area contributed by atoms with Crippen LogP contribution in [0.4, 0.5) is 30.7 Å². The van der Waals surface area contributed by atoms with E-state index in [1.165, 1.54) is 0 Å². The van der Waals surface area contributed by atoms with Crippen LogP contribution in [0.25, 0.3) is 0 Å². The van der Waals surface area contributed by atoms with Crippen molar-refractivity contribution in [3.8, 4) is 0 Å². The van der Waals surface area contributed by atoms with Crippen molar-refractivity contribution in [2.75, 3.05) is 0 Å². The molecule has 0 aromatic rings. The van der Waals surface area contributed by atoms with Crippen molar-refractivity contribution in [3.05, 3.63) is 11.4 Å². The molecular formula is C5H3F7. The molecule has 0 amide bonds. The lowest BCUT2D eigenvalue weighted by Gasteiger charge is -2.10. The Morgan fingerprint density at radius 2 is 1.17 bits per heavy atom. The molecule has 0 unspecified atom stereocenters. The zero-order valence-electron chi connectivity index (χ0n) is 5.65. The van der Waals surface area contributed by atoms with Crippen molar-refractivity contribution in [2.24, 2.45) is 0 Å². The van der Waals surface area contributed by atoms with E-state index in [1.807, 2.05) is 0 Å². The van der Waals surface area contributed by atoms with Gasteiger partial charge in [-0.05, 0) is 6.92 Å². The maximum absolute atomic E-state index is 11.8. The zero-order chi connectivity index (χ0) is 10.2. The van der Waals surface area contributed by atoms with Gasteiger partial charge >= 0.3 is 12.4 Å². The van der Waals surface area contributed by atoms with Crippen LogP contribution in [0.2, 0.25) is 0 Å². The molecule has 0 nitrogen and oxygen atoms in total. The minimum absolute atomic E-state index is 0.0306. The van der Waals surface area contributed by atoms with Crippen LogP contribution < -0.4 is 0 Å². The fourth-order valence-electron chi connectivity index (χ4n) is 0.337. The van der Waals surface area contributed by atoms with Crippen molar-refractivity contribution >= 4 is 0 Å². The Morgan fingerprint density at radius 3 is 1.25 bits per heavy atom. The molecule has 0 aromatic heterocycles. The smallest absolute Gasteiger partial charge is 0.201 e. The summed E-state index contributed by atoms with van der Waals surface area (Å²) in [7, 11) is 0. The average molecular weight is 196 g/mol. The summed E-state index contributed by atoms with van der Waals surface area (Å²) in [5, 5.41) is 0. The molecule has 0 radical (unpaired) electrons. The molecule has 0 rings (SSSR count). The predicted molar refractivity (Wildman–Crippen MR) is 25.9 cm³/mol. The van der Waals surface area contributed by atoms with E-state index in [-0.39, 0.29) is 6.92 Å². The van der Waals surface area contributed by atoms with Gasteiger partial charge < -0.3 is 0 Å². The Bertz CT molecular complexity index is 171. The number of alkyl halides is 6. The standard InChI is InChI=1S/C5H3F7/c1-2(4(7,8)9)3(6)5(10,11)12/h1H3/b3-2+. The van der Waals surface area contributed by atoms with E-state index in [4.69, 9.17) is 0 Å². The molecule has 0 heterocycles. The van der Waals surface area contributed by atoms with E-state index in [0.717, 1.165) is 0 Å². The van der Waals surface area contributed by atoms with Crippen LogP contribution in [0.1, 0.15) is 6.92 Å². The highest BCUT2D eigenvalue weighted by atomic mass is 19.4. The molecule has 12 heavy (non-hydrogen) atoms. The fraction of sp³-hybridized carbons (Fsp3) is 0.600. The topological polar surface area (TPSA) is 0 Å². The third kappa shape index (κ3) is 2.71. The van der Waals surface area contributed by atoms with Gasteiger partial charge in [-0.2, -0.15) is 26.3 Å². The van der Waals surface area contributed by atoms with E-state index < -0.39 is 23.8 Å². The zero-order valence-corrected chi connectivity index (χ0v) is 5.65. The summed E-state index contributed by atoms with van der Waals surface area (Å²) in [6.45, 7) is 0.0306. The molecule has 0 saturated carbocycles. The van der Waals surface area contributed by atoms with Crippen LogP contribution in [0.3, 0.4) is 0 Å². The first-order valence-corrected chi connectivity index (χ1v) is 2.57. The van der Waals surface area contributed by atoms with E-state index in [0.29, 0.717) is 0 Å². The van der Waals surface area contributed by atoms with Crippen molar-refractivity contribution in [2.45, 2.75) is 19.3 Å². The Hall–Kier alpha value is -0.750. The lowest BCUT2D eigenvalue weighted by molar-refractivity contribution is -0.128. The summed E-state index contributed by atoms with van der Waals surface area (Å²) in [5.74, 6) is -3.10. The SMILES string of the molecule is C/C(=C(\F)C(F)(F)F)C(F)(F)F. The Labute approximate surface area is 62.7 Å². The van der Waals surface area contributed by atoms with Crippen molar-refractivity contribution in [3.63, 3.8) is 0 Å². The second kappa shape index (κ2) is 2.95. The number of allylic oxidation sites excluding steroid dienone is 2. The first-order valence-electron chi connectivity index (χ1n) is 2.57. The van der Waals surface area contributed by atoms with Crippen LogP contribution >= 0.6 is 0 Å². The molecule has 72 valence electrons. The largest absolute Gasteiger partial charge is 0.443 e. The first-order chi connectivity index (χ1) is 5.07. The Morgan fingerprint density at radius 1 is 0.833 bits per heavy atom. The maximum atomic E-state index is 11.8. The van der Waals surface area contributed by atoms with Gasteiger partial charge in [0, 0.05) is 0 Å². The molecular weight excluding hydrogens is 193 g/mol. The lowest BCUT2D eigenvalue weighted by atomic mass is 10.2. The molecule has 0 aliphatic carbocycles. The van der Waals surface area contributed by atoms with Crippen LogP contribution in [-0.4, -0.2) is 12.4 Å². The maximum Gasteiger partial charge on any atom is 0.443 e. The number of hydrogen-bond donors (Lipinski definition) is 0. The summed E-state index contributed by atoms with van der Waals surface area (Å²) < 4.78 is 80.0. The highest BCUT2D eigenvalue weighted by Gasteiger charge is 2.44. The Kier molecular flexibility index (Phi) is 2.76. The van der Waals surface area contributed by atoms with Gasteiger partial charge in [0.1, 0.15) is 0 Å².